The van der Waals surface area contributed by atoms with E-state index in [4.69, 9.17) is 9.47 Å². The van der Waals surface area contributed by atoms with Crippen molar-refractivity contribution < 1.29 is 19.6 Å². The Hall–Kier alpha value is -0.610. The molecule has 0 aromatic carbocycles. The molecular formula is C18H34NO3+. The van der Waals surface area contributed by atoms with Crippen molar-refractivity contribution in [2.24, 2.45) is 16.7 Å². The van der Waals surface area contributed by atoms with Crippen molar-refractivity contribution in [3.63, 3.8) is 0 Å². The molecular weight excluding hydrogens is 278 g/mol. The van der Waals surface area contributed by atoms with Crippen LogP contribution in [0.25, 0.3) is 0 Å². The molecule has 0 spiro atoms. The fraction of sp³-hybridized carbons (Fsp3) is 0.944. The fourth-order valence-corrected chi connectivity index (χ4v) is 4.25. The van der Waals surface area contributed by atoms with Crippen LogP contribution in [0.5, 0.6) is 0 Å². The summed E-state index contributed by atoms with van der Waals surface area (Å²) in [6, 6.07) is 0. The molecule has 4 atom stereocenters. The van der Waals surface area contributed by atoms with Crippen molar-refractivity contribution in [3.8, 4) is 0 Å². The van der Waals surface area contributed by atoms with Gasteiger partial charge in [-0.1, -0.05) is 27.7 Å². The summed E-state index contributed by atoms with van der Waals surface area (Å²) in [6.07, 6.45) is 5.14. The van der Waals surface area contributed by atoms with Gasteiger partial charge in [0.2, 0.25) is 0 Å². The SMILES string of the molecule is CC[C@H](C)OC(=O)C[NH2+]CCO[C@@H]1C[C@H]2CC[C@@]1(C)C2(C)C. The Morgan fingerprint density at radius 2 is 2.09 bits per heavy atom. The van der Waals surface area contributed by atoms with Crippen molar-refractivity contribution in [1.29, 1.82) is 0 Å². The Balaban J connectivity index is 1.63. The minimum Gasteiger partial charge on any atom is -0.459 e. The van der Waals surface area contributed by atoms with Crippen LogP contribution < -0.4 is 5.32 Å². The lowest BCUT2D eigenvalue weighted by molar-refractivity contribution is -0.647. The lowest BCUT2D eigenvalue weighted by Crippen LogP contribution is -2.87. The fourth-order valence-electron chi connectivity index (χ4n) is 4.25. The van der Waals surface area contributed by atoms with E-state index in [0.29, 0.717) is 23.5 Å². The van der Waals surface area contributed by atoms with Gasteiger partial charge in [-0.15, -0.1) is 0 Å². The third-order valence-electron chi connectivity index (χ3n) is 6.57. The van der Waals surface area contributed by atoms with Gasteiger partial charge in [-0.2, -0.15) is 0 Å². The molecule has 0 radical (unpaired) electrons. The highest BCUT2D eigenvalue weighted by Crippen LogP contribution is 2.66. The maximum Gasteiger partial charge on any atom is 0.361 e. The van der Waals surface area contributed by atoms with Gasteiger partial charge in [0.1, 0.15) is 0 Å². The molecule has 0 heterocycles. The first-order valence-electron chi connectivity index (χ1n) is 8.94. The van der Waals surface area contributed by atoms with Gasteiger partial charge in [-0.25, -0.2) is 4.79 Å². The summed E-state index contributed by atoms with van der Waals surface area (Å²) in [6.45, 7) is 13.1. The van der Waals surface area contributed by atoms with Crippen LogP contribution in [-0.4, -0.2) is 37.9 Å². The molecule has 4 nitrogen and oxygen atoms in total. The normalized spacial score (nSPS) is 33.9. The molecule has 2 rings (SSSR count). The zero-order valence-corrected chi connectivity index (χ0v) is 15.0. The van der Waals surface area contributed by atoms with Crippen LogP contribution in [0.4, 0.5) is 0 Å². The van der Waals surface area contributed by atoms with Crippen molar-refractivity contribution in [2.45, 2.75) is 72.5 Å². The molecule has 2 N–H and O–H groups in total. The Labute approximate surface area is 135 Å². The number of quaternary nitrogens is 1. The van der Waals surface area contributed by atoms with E-state index >= 15 is 0 Å². The smallest absolute Gasteiger partial charge is 0.361 e. The number of ether oxygens (including phenoxy) is 2. The molecule has 0 aromatic rings. The monoisotopic (exact) mass is 312 g/mol. The summed E-state index contributed by atoms with van der Waals surface area (Å²) < 4.78 is 11.4. The molecule has 0 amide bonds. The van der Waals surface area contributed by atoms with E-state index < -0.39 is 0 Å². The van der Waals surface area contributed by atoms with Crippen molar-refractivity contribution >= 4 is 5.97 Å². The maximum atomic E-state index is 11.6. The van der Waals surface area contributed by atoms with Crippen LogP contribution in [0.15, 0.2) is 0 Å². The number of nitrogens with two attached hydrogens (primary N) is 1. The average Bonchev–Trinajstić information content (AvgIpc) is 2.79. The second-order valence-electron chi connectivity index (χ2n) is 7.96. The van der Waals surface area contributed by atoms with E-state index in [0.717, 1.165) is 25.5 Å². The number of esters is 1. The molecule has 2 fully saturated rings. The highest BCUT2D eigenvalue weighted by Gasteiger charge is 2.61. The summed E-state index contributed by atoms with van der Waals surface area (Å²) in [7, 11) is 0. The van der Waals surface area contributed by atoms with Crippen molar-refractivity contribution in [3.05, 3.63) is 0 Å². The molecule has 0 aromatic heterocycles. The molecule has 2 aliphatic carbocycles. The standard InChI is InChI=1S/C18H33NO3/c1-6-13(2)22-16(20)12-19-9-10-21-15-11-14-7-8-18(15,5)17(14,3)4/h13-15,19H,6-12H2,1-5H3/p+1/t13-,14+,15+,18+/m0/s1. The Kier molecular flexibility index (Phi) is 5.54. The van der Waals surface area contributed by atoms with E-state index in [1.165, 1.54) is 19.3 Å². The number of rotatable bonds is 8. The first-order chi connectivity index (χ1) is 10.3. The van der Waals surface area contributed by atoms with Crippen LogP contribution in [0.2, 0.25) is 0 Å². The zero-order chi connectivity index (χ0) is 16.4. The Morgan fingerprint density at radius 3 is 2.64 bits per heavy atom. The highest BCUT2D eigenvalue weighted by molar-refractivity contribution is 5.70. The van der Waals surface area contributed by atoms with Gasteiger partial charge in [0.15, 0.2) is 6.54 Å². The van der Waals surface area contributed by atoms with Crippen LogP contribution >= 0.6 is 0 Å². The van der Waals surface area contributed by atoms with Gasteiger partial charge in [0.05, 0.1) is 25.4 Å². The number of hydrogen-bond donors (Lipinski definition) is 1. The summed E-state index contributed by atoms with van der Waals surface area (Å²) >= 11 is 0. The molecule has 0 saturated heterocycles. The molecule has 2 bridgehead atoms. The minimum atomic E-state index is -0.123. The molecule has 4 heteroatoms. The summed E-state index contributed by atoms with van der Waals surface area (Å²) in [4.78, 5) is 11.6. The van der Waals surface area contributed by atoms with Crippen LogP contribution in [0.3, 0.4) is 0 Å². The van der Waals surface area contributed by atoms with Crippen molar-refractivity contribution in [1.82, 2.24) is 0 Å². The quantitative estimate of drug-likeness (QED) is 0.552. The van der Waals surface area contributed by atoms with Crippen LogP contribution in [0.1, 0.15) is 60.3 Å². The van der Waals surface area contributed by atoms with E-state index in [9.17, 15) is 4.79 Å². The lowest BCUT2D eigenvalue weighted by Gasteiger charge is -2.38. The Bertz CT molecular complexity index is 396. The van der Waals surface area contributed by atoms with Gasteiger partial charge in [-0.3, -0.25) is 0 Å². The number of carbonyl (C=O) groups is 1. The highest BCUT2D eigenvalue weighted by atomic mass is 16.5. The lowest BCUT2D eigenvalue weighted by atomic mass is 9.70. The van der Waals surface area contributed by atoms with Gasteiger partial charge < -0.3 is 14.8 Å². The van der Waals surface area contributed by atoms with E-state index in [-0.39, 0.29) is 12.1 Å². The predicted octanol–water partition coefficient (Wildman–Crippen LogP) is 2.12. The third-order valence-corrected chi connectivity index (χ3v) is 6.57. The zero-order valence-electron chi connectivity index (χ0n) is 15.0. The van der Waals surface area contributed by atoms with Gasteiger partial charge in [0, 0.05) is 0 Å². The second-order valence-corrected chi connectivity index (χ2v) is 7.96. The molecule has 0 unspecified atom stereocenters. The van der Waals surface area contributed by atoms with Gasteiger partial charge in [0.25, 0.3) is 0 Å². The number of carbonyl (C=O) groups excluding carboxylic acids is 1. The topological polar surface area (TPSA) is 52.1 Å². The van der Waals surface area contributed by atoms with E-state index in [2.05, 4.69) is 20.8 Å². The Morgan fingerprint density at radius 1 is 1.36 bits per heavy atom. The van der Waals surface area contributed by atoms with Crippen molar-refractivity contribution in [2.75, 3.05) is 19.7 Å². The van der Waals surface area contributed by atoms with E-state index in [1.54, 1.807) is 0 Å². The average molecular weight is 312 g/mol. The first-order valence-corrected chi connectivity index (χ1v) is 8.94. The van der Waals surface area contributed by atoms with Crippen LogP contribution in [-0.2, 0) is 14.3 Å². The number of fused-ring (bicyclic) bond motifs is 2. The molecule has 128 valence electrons. The number of hydrogen-bond acceptors (Lipinski definition) is 3. The van der Waals surface area contributed by atoms with Crippen LogP contribution in [0, 0.1) is 16.7 Å². The van der Waals surface area contributed by atoms with E-state index in [1.807, 2.05) is 19.2 Å². The maximum absolute atomic E-state index is 11.6. The largest absolute Gasteiger partial charge is 0.459 e. The first kappa shape index (κ1) is 17.7. The minimum absolute atomic E-state index is 0.0216. The molecule has 2 aliphatic rings. The third kappa shape index (κ3) is 3.33. The second kappa shape index (κ2) is 6.88. The molecule has 2 saturated carbocycles. The predicted molar refractivity (Wildman–Crippen MR) is 86.5 cm³/mol. The summed E-state index contributed by atoms with van der Waals surface area (Å²) in [5, 5.41) is 1.99. The molecule has 0 aliphatic heterocycles. The molecule has 22 heavy (non-hydrogen) atoms. The van der Waals surface area contributed by atoms with Gasteiger partial charge in [-0.05, 0) is 49.4 Å². The van der Waals surface area contributed by atoms with Gasteiger partial charge >= 0.3 is 5.97 Å². The summed E-state index contributed by atoms with van der Waals surface area (Å²) in [5.41, 5.74) is 0.731. The summed E-state index contributed by atoms with van der Waals surface area (Å²) in [5.74, 6) is 0.694.